The van der Waals surface area contributed by atoms with E-state index in [9.17, 15) is 0 Å². The molecule has 0 aliphatic rings. The fraction of sp³-hybridized carbons (Fsp3) is 0.0833. The minimum atomic E-state index is 0.674. The van der Waals surface area contributed by atoms with Gasteiger partial charge in [0.15, 0.2) is 0 Å². The van der Waals surface area contributed by atoms with Crippen LogP contribution < -0.4 is 11.1 Å². The van der Waals surface area contributed by atoms with Crippen LogP contribution in [0.4, 0.5) is 17.2 Å². The number of nitrogens with one attached hydrogen (secondary N) is 1. The van der Waals surface area contributed by atoms with Crippen molar-refractivity contribution in [2.24, 2.45) is 0 Å². The summed E-state index contributed by atoms with van der Waals surface area (Å²) in [5.41, 5.74) is 8.23. The molecule has 0 aliphatic heterocycles. The molecule has 0 amide bonds. The number of rotatable bonds is 2. The number of nitrogen functional groups attached to an aromatic ring is 1. The van der Waals surface area contributed by atoms with Gasteiger partial charge in [-0.25, -0.2) is 4.98 Å². The van der Waals surface area contributed by atoms with E-state index in [1.54, 1.807) is 6.20 Å². The third kappa shape index (κ3) is 3.01. The number of aromatic nitrogens is 1. The van der Waals surface area contributed by atoms with E-state index in [1.165, 1.54) is 0 Å². The van der Waals surface area contributed by atoms with Crippen LogP contribution in [0.2, 0.25) is 5.02 Å². The second kappa shape index (κ2) is 5.10. The predicted octanol–water partition coefficient (Wildman–Crippen LogP) is 3.97. The van der Waals surface area contributed by atoms with Crippen LogP contribution in [0.1, 0.15) is 5.56 Å². The average Bonchev–Trinajstić information content (AvgIpc) is 2.27. The Bertz CT molecular complexity index is 557. The lowest BCUT2D eigenvalue weighted by Crippen LogP contribution is -1.97. The van der Waals surface area contributed by atoms with Crippen LogP contribution in [0.15, 0.2) is 30.5 Å². The van der Waals surface area contributed by atoms with Crippen LogP contribution in [0, 0.1) is 10.5 Å². The van der Waals surface area contributed by atoms with Crippen molar-refractivity contribution in [2.75, 3.05) is 11.1 Å². The molecule has 0 spiro atoms. The number of anilines is 3. The van der Waals surface area contributed by atoms with E-state index >= 15 is 0 Å². The molecular weight excluding hydrogens is 349 g/mol. The highest BCUT2D eigenvalue weighted by atomic mass is 127. The molecule has 0 saturated carbocycles. The van der Waals surface area contributed by atoms with Gasteiger partial charge in [0.25, 0.3) is 0 Å². The Balaban J connectivity index is 2.28. The summed E-state index contributed by atoms with van der Waals surface area (Å²) in [4.78, 5) is 4.20. The summed E-state index contributed by atoms with van der Waals surface area (Å²) < 4.78 is 1.10. The molecule has 2 aromatic rings. The Morgan fingerprint density at radius 2 is 2.12 bits per heavy atom. The highest BCUT2D eigenvalue weighted by Crippen LogP contribution is 2.27. The Kier molecular flexibility index (Phi) is 3.73. The molecule has 0 radical (unpaired) electrons. The third-order valence-corrected chi connectivity index (χ3v) is 3.33. The van der Waals surface area contributed by atoms with Gasteiger partial charge < -0.3 is 11.1 Å². The molecular formula is C12H11ClIN3. The van der Waals surface area contributed by atoms with E-state index < -0.39 is 0 Å². The van der Waals surface area contributed by atoms with Crippen LogP contribution >= 0.6 is 34.2 Å². The van der Waals surface area contributed by atoms with Gasteiger partial charge in [-0.3, -0.25) is 0 Å². The highest BCUT2D eigenvalue weighted by molar-refractivity contribution is 14.1. The summed E-state index contributed by atoms with van der Waals surface area (Å²) in [5, 5.41) is 3.84. The maximum atomic E-state index is 6.13. The molecule has 1 aromatic heterocycles. The first-order chi connectivity index (χ1) is 8.06. The Labute approximate surface area is 119 Å². The fourth-order valence-electron chi connectivity index (χ4n) is 1.36. The van der Waals surface area contributed by atoms with Crippen LogP contribution in [-0.4, -0.2) is 4.98 Å². The lowest BCUT2D eigenvalue weighted by Gasteiger charge is -2.09. The van der Waals surface area contributed by atoms with E-state index in [0.29, 0.717) is 10.7 Å². The molecule has 3 nitrogen and oxygen atoms in total. The zero-order chi connectivity index (χ0) is 12.4. The first-order valence-electron chi connectivity index (χ1n) is 5.00. The van der Waals surface area contributed by atoms with Crippen molar-refractivity contribution in [2.45, 2.75) is 6.92 Å². The second-order valence-electron chi connectivity index (χ2n) is 3.68. The van der Waals surface area contributed by atoms with E-state index in [1.807, 2.05) is 31.2 Å². The SMILES string of the molecule is Cc1cc(Nc2ccc(I)cc2Cl)ncc1N. The first kappa shape index (κ1) is 12.4. The molecule has 1 heterocycles. The molecule has 0 saturated heterocycles. The molecule has 1 aromatic carbocycles. The molecule has 3 N–H and O–H groups in total. The number of halogens is 2. The second-order valence-corrected chi connectivity index (χ2v) is 5.33. The zero-order valence-electron chi connectivity index (χ0n) is 9.17. The Hall–Kier alpha value is -1.01. The van der Waals surface area contributed by atoms with E-state index in [-0.39, 0.29) is 0 Å². The van der Waals surface area contributed by atoms with Gasteiger partial charge in [0.2, 0.25) is 0 Å². The molecule has 0 bridgehead atoms. The molecule has 17 heavy (non-hydrogen) atoms. The smallest absolute Gasteiger partial charge is 0.130 e. The van der Waals surface area contributed by atoms with Gasteiger partial charge in [-0.05, 0) is 59.3 Å². The van der Waals surface area contributed by atoms with Crippen LogP contribution in [0.5, 0.6) is 0 Å². The van der Waals surface area contributed by atoms with Crippen molar-refractivity contribution in [3.8, 4) is 0 Å². The van der Waals surface area contributed by atoms with E-state index in [2.05, 4.69) is 32.9 Å². The molecule has 0 atom stereocenters. The average molecular weight is 360 g/mol. The van der Waals surface area contributed by atoms with Gasteiger partial charge >= 0.3 is 0 Å². The van der Waals surface area contributed by atoms with Crippen LogP contribution in [0.25, 0.3) is 0 Å². The van der Waals surface area contributed by atoms with Gasteiger partial charge in [0.05, 0.1) is 22.6 Å². The third-order valence-electron chi connectivity index (χ3n) is 2.35. The molecule has 0 unspecified atom stereocenters. The maximum absolute atomic E-state index is 6.13. The number of nitrogens with zero attached hydrogens (tertiary/aromatic N) is 1. The lowest BCUT2D eigenvalue weighted by molar-refractivity contribution is 1.28. The highest BCUT2D eigenvalue weighted by Gasteiger charge is 2.03. The van der Waals surface area contributed by atoms with E-state index in [4.69, 9.17) is 17.3 Å². The van der Waals surface area contributed by atoms with E-state index in [0.717, 1.165) is 20.6 Å². The number of pyridine rings is 1. The van der Waals surface area contributed by atoms with Crippen molar-refractivity contribution in [1.29, 1.82) is 0 Å². The zero-order valence-corrected chi connectivity index (χ0v) is 12.1. The fourth-order valence-corrected chi connectivity index (χ4v) is 2.27. The monoisotopic (exact) mass is 359 g/mol. The molecule has 2 rings (SSSR count). The Morgan fingerprint density at radius 3 is 2.76 bits per heavy atom. The van der Waals surface area contributed by atoms with Crippen molar-refractivity contribution in [3.05, 3.63) is 44.6 Å². The van der Waals surface area contributed by atoms with Gasteiger partial charge in [-0.2, -0.15) is 0 Å². The molecule has 0 fully saturated rings. The largest absolute Gasteiger partial charge is 0.397 e. The van der Waals surface area contributed by atoms with Gasteiger partial charge in [0, 0.05) is 3.57 Å². The molecule has 88 valence electrons. The topological polar surface area (TPSA) is 50.9 Å². The standard InChI is InChI=1S/C12H11ClIN3/c1-7-4-12(16-6-10(7)15)17-11-3-2-8(14)5-9(11)13/h2-6H,15H2,1H3,(H,16,17). The van der Waals surface area contributed by atoms with Gasteiger partial charge in [-0.15, -0.1) is 0 Å². The Morgan fingerprint density at radius 1 is 1.35 bits per heavy atom. The summed E-state index contributed by atoms with van der Waals surface area (Å²) >= 11 is 8.35. The summed E-state index contributed by atoms with van der Waals surface area (Å²) in [5.74, 6) is 0.736. The normalized spacial score (nSPS) is 10.3. The van der Waals surface area contributed by atoms with Crippen molar-refractivity contribution < 1.29 is 0 Å². The first-order valence-corrected chi connectivity index (χ1v) is 6.46. The molecule has 0 aliphatic carbocycles. The summed E-state index contributed by atoms with van der Waals surface area (Å²) in [6, 6.07) is 7.70. The number of benzene rings is 1. The molecule has 5 heteroatoms. The van der Waals surface area contributed by atoms with Crippen LogP contribution in [-0.2, 0) is 0 Å². The summed E-state index contributed by atoms with van der Waals surface area (Å²) in [6.07, 6.45) is 1.64. The van der Waals surface area contributed by atoms with Gasteiger partial charge in [-0.1, -0.05) is 11.6 Å². The summed E-state index contributed by atoms with van der Waals surface area (Å²) in [6.45, 7) is 1.94. The predicted molar refractivity (Wildman–Crippen MR) is 80.8 cm³/mol. The number of aryl methyl sites for hydroxylation is 1. The van der Waals surface area contributed by atoms with Crippen molar-refractivity contribution in [1.82, 2.24) is 4.98 Å². The minimum absolute atomic E-state index is 0.674. The number of nitrogens with two attached hydrogens (primary N) is 1. The lowest BCUT2D eigenvalue weighted by atomic mass is 10.2. The summed E-state index contributed by atoms with van der Waals surface area (Å²) in [7, 11) is 0. The van der Waals surface area contributed by atoms with Gasteiger partial charge in [0.1, 0.15) is 5.82 Å². The quantitative estimate of drug-likeness (QED) is 0.798. The minimum Gasteiger partial charge on any atom is -0.397 e. The van der Waals surface area contributed by atoms with Crippen LogP contribution in [0.3, 0.4) is 0 Å². The number of hydrogen-bond acceptors (Lipinski definition) is 3. The maximum Gasteiger partial charge on any atom is 0.130 e. The number of hydrogen-bond donors (Lipinski definition) is 2. The van der Waals surface area contributed by atoms with Crippen molar-refractivity contribution >= 4 is 51.4 Å². The van der Waals surface area contributed by atoms with Crippen molar-refractivity contribution in [3.63, 3.8) is 0 Å².